The van der Waals surface area contributed by atoms with Crippen LogP contribution in [0.3, 0.4) is 0 Å². The Morgan fingerprint density at radius 3 is 2.37 bits per heavy atom. The highest BCUT2D eigenvalue weighted by Crippen LogP contribution is 2.11. The molecule has 0 aromatic heterocycles. The lowest BCUT2D eigenvalue weighted by Gasteiger charge is -2.30. The molecule has 0 radical (unpaired) electrons. The number of hydrogen-bond donors (Lipinski definition) is 1. The molecule has 1 unspecified atom stereocenters. The van der Waals surface area contributed by atoms with Crippen LogP contribution >= 0.6 is 0 Å². The van der Waals surface area contributed by atoms with Gasteiger partial charge in [-0.3, -0.25) is 9.59 Å². The molecule has 1 atom stereocenters. The van der Waals surface area contributed by atoms with Crippen LogP contribution in [0.1, 0.15) is 12.5 Å². The van der Waals surface area contributed by atoms with E-state index in [2.05, 4.69) is 5.32 Å². The van der Waals surface area contributed by atoms with E-state index in [1.54, 1.807) is 6.92 Å². The van der Waals surface area contributed by atoms with Crippen LogP contribution in [0.4, 0.5) is 4.39 Å². The predicted molar refractivity (Wildman–Crippen MR) is 98.8 cm³/mol. The summed E-state index contributed by atoms with van der Waals surface area (Å²) in [5.74, 6) is -1.36. The van der Waals surface area contributed by atoms with Gasteiger partial charge in [-0.05, 0) is 24.6 Å². The molecule has 1 aromatic carbocycles. The number of methoxy groups -OCH3 is 1. The highest BCUT2D eigenvalue weighted by molar-refractivity contribution is 7.88. The lowest BCUT2D eigenvalue weighted by Crippen LogP contribution is -2.50. The van der Waals surface area contributed by atoms with E-state index in [9.17, 15) is 22.4 Å². The molecule has 2 amide bonds. The van der Waals surface area contributed by atoms with Crippen molar-refractivity contribution in [2.75, 3.05) is 40.1 Å². The molecule has 152 valence electrons. The van der Waals surface area contributed by atoms with Gasteiger partial charge in [0.15, 0.2) is 0 Å². The standard InChI is InChI=1S/C17H26FN3O5S/c1-13(17(23)19-9-10-26-3)21(11-14-5-7-15(18)8-6-14)16(22)12-20(2)27(4,24)25/h5-8,13H,9-12H2,1-4H3,(H,19,23). The first-order valence-electron chi connectivity index (χ1n) is 8.28. The van der Waals surface area contributed by atoms with Gasteiger partial charge in [-0.25, -0.2) is 12.8 Å². The topological polar surface area (TPSA) is 96.0 Å². The van der Waals surface area contributed by atoms with Crippen molar-refractivity contribution in [3.63, 3.8) is 0 Å². The van der Waals surface area contributed by atoms with Gasteiger partial charge in [0, 0.05) is 27.2 Å². The summed E-state index contributed by atoms with van der Waals surface area (Å²) in [6, 6.07) is 4.66. The summed E-state index contributed by atoms with van der Waals surface area (Å²) >= 11 is 0. The second kappa shape index (κ2) is 10.3. The smallest absolute Gasteiger partial charge is 0.242 e. The fraction of sp³-hybridized carbons (Fsp3) is 0.529. The van der Waals surface area contributed by atoms with Gasteiger partial charge >= 0.3 is 0 Å². The van der Waals surface area contributed by atoms with E-state index in [1.807, 2.05) is 0 Å². The van der Waals surface area contributed by atoms with Gasteiger partial charge < -0.3 is 15.0 Å². The normalized spacial score (nSPS) is 12.7. The summed E-state index contributed by atoms with van der Waals surface area (Å²) in [6.07, 6.45) is 0.992. The van der Waals surface area contributed by atoms with E-state index in [4.69, 9.17) is 4.74 Å². The molecular formula is C17H26FN3O5S. The minimum atomic E-state index is -3.55. The van der Waals surface area contributed by atoms with Crippen LogP contribution in [0.2, 0.25) is 0 Å². The van der Waals surface area contributed by atoms with Gasteiger partial charge in [-0.2, -0.15) is 4.31 Å². The van der Waals surface area contributed by atoms with E-state index < -0.39 is 40.2 Å². The van der Waals surface area contributed by atoms with E-state index in [-0.39, 0.29) is 13.1 Å². The minimum absolute atomic E-state index is 0.0373. The Morgan fingerprint density at radius 2 is 1.85 bits per heavy atom. The molecule has 0 heterocycles. The lowest BCUT2D eigenvalue weighted by molar-refractivity contribution is -0.140. The maximum Gasteiger partial charge on any atom is 0.242 e. The zero-order valence-corrected chi connectivity index (χ0v) is 16.8. The molecule has 0 spiro atoms. The molecule has 0 fully saturated rings. The third kappa shape index (κ3) is 7.61. The summed E-state index contributed by atoms with van der Waals surface area (Å²) in [5, 5.41) is 2.65. The molecule has 0 bridgehead atoms. The largest absolute Gasteiger partial charge is 0.383 e. The monoisotopic (exact) mass is 403 g/mol. The van der Waals surface area contributed by atoms with Crippen molar-refractivity contribution >= 4 is 21.8 Å². The summed E-state index contributed by atoms with van der Waals surface area (Å²) in [7, 11) is -0.769. The van der Waals surface area contributed by atoms with Gasteiger partial charge in [0.05, 0.1) is 19.4 Å². The summed E-state index contributed by atoms with van der Waals surface area (Å²) in [6.45, 7) is 1.78. The zero-order valence-electron chi connectivity index (χ0n) is 15.9. The maximum atomic E-state index is 13.1. The van der Waals surface area contributed by atoms with E-state index >= 15 is 0 Å². The number of carbonyl (C=O) groups is 2. The maximum absolute atomic E-state index is 13.1. The highest BCUT2D eigenvalue weighted by atomic mass is 32.2. The van der Waals surface area contributed by atoms with Crippen LogP contribution in [0.5, 0.6) is 0 Å². The number of halogens is 1. The second-order valence-corrected chi connectivity index (χ2v) is 8.22. The molecule has 10 heteroatoms. The van der Waals surface area contributed by atoms with Crippen molar-refractivity contribution in [1.29, 1.82) is 0 Å². The summed E-state index contributed by atoms with van der Waals surface area (Å²) in [5.41, 5.74) is 0.614. The van der Waals surface area contributed by atoms with Crippen molar-refractivity contribution < 1.29 is 27.1 Å². The molecule has 0 aliphatic rings. The van der Waals surface area contributed by atoms with Crippen LogP contribution in [0, 0.1) is 5.82 Å². The number of amides is 2. The Labute approximate surface area is 159 Å². The van der Waals surface area contributed by atoms with Crippen LogP contribution < -0.4 is 5.32 Å². The van der Waals surface area contributed by atoms with Crippen molar-refractivity contribution in [3.05, 3.63) is 35.6 Å². The summed E-state index contributed by atoms with van der Waals surface area (Å²) in [4.78, 5) is 26.3. The van der Waals surface area contributed by atoms with E-state index in [1.165, 1.54) is 43.3 Å². The zero-order chi connectivity index (χ0) is 20.6. The van der Waals surface area contributed by atoms with Crippen LogP contribution in [0.25, 0.3) is 0 Å². The molecule has 0 aliphatic carbocycles. The lowest BCUT2D eigenvalue weighted by atomic mass is 10.1. The molecule has 0 saturated carbocycles. The second-order valence-electron chi connectivity index (χ2n) is 6.13. The number of nitrogens with zero attached hydrogens (tertiary/aromatic N) is 2. The van der Waals surface area contributed by atoms with Gasteiger partial charge in [0.1, 0.15) is 11.9 Å². The highest BCUT2D eigenvalue weighted by Gasteiger charge is 2.28. The number of rotatable bonds is 10. The van der Waals surface area contributed by atoms with E-state index in [0.29, 0.717) is 12.2 Å². The Kier molecular flexibility index (Phi) is 8.80. The van der Waals surface area contributed by atoms with Gasteiger partial charge in [0.25, 0.3) is 0 Å². The van der Waals surface area contributed by atoms with Gasteiger partial charge in [0.2, 0.25) is 21.8 Å². The average Bonchev–Trinajstić information content (AvgIpc) is 2.59. The van der Waals surface area contributed by atoms with Crippen LogP contribution in [-0.4, -0.2) is 75.6 Å². The Balaban J connectivity index is 2.98. The number of ether oxygens (including phenoxy) is 1. The quantitative estimate of drug-likeness (QED) is 0.563. The van der Waals surface area contributed by atoms with Crippen molar-refractivity contribution in [3.8, 4) is 0 Å². The van der Waals surface area contributed by atoms with Crippen molar-refractivity contribution in [2.24, 2.45) is 0 Å². The summed E-state index contributed by atoms with van der Waals surface area (Å²) < 4.78 is 42.1. The third-order valence-electron chi connectivity index (χ3n) is 3.96. The predicted octanol–water partition coefficient (Wildman–Crippen LogP) is 0.197. The Hall–Kier alpha value is -2.04. The minimum Gasteiger partial charge on any atom is -0.383 e. The molecule has 1 N–H and O–H groups in total. The third-order valence-corrected chi connectivity index (χ3v) is 5.22. The van der Waals surface area contributed by atoms with Gasteiger partial charge in [-0.15, -0.1) is 0 Å². The van der Waals surface area contributed by atoms with Gasteiger partial charge in [-0.1, -0.05) is 12.1 Å². The fourth-order valence-corrected chi connectivity index (χ4v) is 2.54. The fourth-order valence-electron chi connectivity index (χ4n) is 2.19. The number of carbonyl (C=O) groups excluding carboxylic acids is 2. The first-order valence-corrected chi connectivity index (χ1v) is 10.1. The Bertz CT molecular complexity index is 739. The van der Waals surface area contributed by atoms with Crippen LogP contribution in [-0.2, 0) is 30.9 Å². The number of sulfonamides is 1. The molecule has 0 saturated heterocycles. The number of benzene rings is 1. The number of hydrogen-bond acceptors (Lipinski definition) is 5. The molecule has 1 rings (SSSR count). The Morgan fingerprint density at radius 1 is 1.26 bits per heavy atom. The van der Waals surface area contributed by atoms with Crippen molar-refractivity contribution in [2.45, 2.75) is 19.5 Å². The molecule has 8 nitrogen and oxygen atoms in total. The molecular weight excluding hydrogens is 377 g/mol. The first-order chi connectivity index (χ1) is 12.6. The number of nitrogens with one attached hydrogen (secondary N) is 1. The molecule has 27 heavy (non-hydrogen) atoms. The molecule has 0 aliphatic heterocycles. The average molecular weight is 403 g/mol. The number of likely N-dealkylation sites (N-methyl/N-ethyl adjacent to an activating group) is 1. The van der Waals surface area contributed by atoms with E-state index in [0.717, 1.165) is 10.6 Å². The van der Waals surface area contributed by atoms with Crippen molar-refractivity contribution in [1.82, 2.24) is 14.5 Å². The molecule has 1 aromatic rings. The first kappa shape index (κ1) is 23.0. The van der Waals surface area contributed by atoms with Crippen LogP contribution in [0.15, 0.2) is 24.3 Å². The SMILES string of the molecule is COCCNC(=O)C(C)N(Cc1ccc(F)cc1)C(=O)CN(C)S(C)(=O)=O.